The van der Waals surface area contributed by atoms with Crippen LogP contribution in [0.3, 0.4) is 0 Å². The van der Waals surface area contributed by atoms with Crippen molar-refractivity contribution in [3.05, 3.63) is 29.9 Å². The van der Waals surface area contributed by atoms with Gasteiger partial charge in [0.1, 0.15) is 5.76 Å². The highest BCUT2D eigenvalue weighted by molar-refractivity contribution is 5.36. The van der Waals surface area contributed by atoms with Gasteiger partial charge in [-0.2, -0.15) is 13.2 Å². The van der Waals surface area contributed by atoms with Gasteiger partial charge in [-0.25, -0.2) is 0 Å². The Hall–Kier alpha value is -0.930. The van der Waals surface area contributed by atoms with Gasteiger partial charge in [0, 0.05) is 0 Å². The van der Waals surface area contributed by atoms with Crippen LogP contribution in [0.5, 0.6) is 0 Å². The van der Waals surface area contributed by atoms with Gasteiger partial charge >= 0.3 is 6.18 Å². The summed E-state index contributed by atoms with van der Waals surface area (Å²) in [5.74, 6) is -0.0292. The van der Waals surface area contributed by atoms with E-state index in [1.165, 1.54) is 12.5 Å². The molecule has 0 spiro atoms. The lowest BCUT2D eigenvalue weighted by Gasteiger charge is -2.19. The van der Waals surface area contributed by atoms with Crippen molar-refractivity contribution in [3.8, 4) is 0 Å². The van der Waals surface area contributed by atoms with Crippen LogP contribution >= 0.6 is 0 Å². The predicted molar refractivity (Wildman–Crippen MR) is 52.0 cm³/mol. The van der Waals surface area contributed by atoms with Crippen molar-refractivity contribution < 1.29 is 17.9 Å². The lowest BCUT2D eigenvalue weighted by Crippen LogP contribution is -2.17. The molecule has 0 N–H and O–H groups in total. The van der Waals surface area contributed by atoms with Crippen LogP contribution in [0.25, 0.3) is 0 Å². The van der Waals surface area contributed by atoms with Crippen molar-refractivity contribution in [2.45, 2.75) is 32.4 Å². The zero-order valence-electron chi connectivity index (χ0n) is 8.60. The fraction of sp³-hybridized carbons (Fsp3) is 0.545. The molecule has 0 saturated carbocycles. The fourth-order valence-corrected chi connectivity index (χ4v) is 1.25. The van der Waals surface area contributed by atoms with E-state index in [2.05, 4.69) is 0 Å². The summed E-state index contributed by atoms with van der Waals surface area (Å²) in [5.41, 5.74) is -0.676. The van der Waals surface area contributed by atoms with Crippen molar-refractivity contribution in [1.29, 1.82) is 0 Å². The van der Waals surface area contributed by atoms with Crippen LogP contribution in [0.15, 0.2) is 23.5 Å². The number of rotatable bonds is 4. The van der Waals surface area contributed by atoms with E-state index in [0.29, 0.717) is 13.0 Å². The maximum absolute atomic E-state index is 12.5. The number of hydrogen-bond donors (Lipinski definition) is 0. The van der Waals surface area contributed by atoms with Gasteiger partial charge in [-0.15, -0.1) is 0 Å². The molecule has 85 valence electrons. The zero-order chi connectivity index (χ0) is 11.3. The van der Waals surface area contributed by atoms with Crippen molar-refractivity contribution in [2.75, 3.05) is 6.61 Å². The van der Waals surface area contributed by atoms with Gasteiger partial charge in [0.2, 0.25) is 0 Å². The molecule has 4 heteroatoms. The van der Waals surface area contributed by atoms with E-state index in [1.54, 1.807) is 0 Å². The predicted octanol–water partition coefficient (Wildman–Crippen LogP) is 3.78. The average Bonchev–Trinajstić information content (AvgIpc) is 2.17. The number of hydrogen-bond acceptors (Lipinski definition) is 1. The first-order chi connectivity index (χ1) is 7.05. The van der Waals surface area contributed by atoms with Gasteiger partial charge in [-0.1, -0.05) is 19.4 Å². The lowest BCUT2D eigenvalue weighted by atomic mass is 10.0. The number of halogens is 3. The Balaban J connectivity index is 2.61. The standard InChI is InChI=1S/C11H14F3O/c1-2-3-8-15-10-7-5-4-6-9(10)11(12,13)14/h4,6-7H,2-3,5,8H2,1H3. The van der Waals surface area contributed by atoms with Crippen molar-refractivity contribution in [2.24, 2.45) is 0 Å². The molecule has 0 aromatic rings. The molecule has 1 rings (SSSR count). The quantitative estimate of drug-likeness (QED) is 0.654. The monoisotopic (exact) mass is 219 g/mol. The maximum Gasteiger partial charge on any atom is 0.419 e. The van der Waals surface area contributed by atoms with Gasteiger partial charge in [-0.05, 0) is 25.3 Å². The minimum absolute atomic E-state index is 0.0292. The molecule has 15 heavy (non-hydrogen) atoms. The molecule has 1 nitrogen and oxygen atoms in total. The molecule has 0 fully saturated rings. The summed E-state index contributed by atoms with van der Waals surface area (Å²) >= 11 is 0. The van der Waals surface area contributed by atoms with E-state index in [-0.39, 0.29) is 5.76 Å². The van der Waals surface area contributed by atoms with Crippen LogP contribution in [0, 0.1) is 6.42 Å². The number of allylic oxidation sites excluding steroid dienone is 3. The molecular formula is C11H14F3O. The molecule has 0 bridgehead atoms. The largest absolute Gasteiger partial charge is 0.493 e. The van der Waals surface area contributed by atoms with Crippen LogP contribution in [-0.2, 0) is 4.74 Å². The second kappa shape index (κ2) is 5.24. The van der Waals surface area contributed by atoms with Crippen molar-refractivity contribution in [3.63, 3.8) is 0 Å². The summed E-state index contributed by atoms with van der Waals surface area (Å²) in [6.45, 7) is 2.31. The third-order valence-corrected chi connectivity index (χ3v) is 2.05. The fourth-order valence-electron chi connectivity index (χ4n) is 1.25. The van der Waals surface area contributed by atoms with Crippen molar-refractivity contribution >= 4 is 0 Å². The number of alkyl halides is 3. The van der Waals surface area contributed by atoms with E-state index in [4.69, 9.17) is 4.74 Å². The van der Waals surface area contributed by atoms with Crippen LogP contribution in [0.2, 0.25) is 0 Å². The van der Waals surface area contributed by atoms with Gasteiger partial charge < -0.3 is 4.74 Å². The molecule has 0 amide bonds. The summed E-state index contributed by atoms with van der Waals surface area (Å²) < 4.78 is 42.6. The summed E-state index contributed by atoms with van der Waals surface area (Å²) in [6.07, 6.45) is 1.89. The molecule has 0 heterocycles. The third-order valence-electron chi connectivity index (χ3n) is 2.05. The Labute approximate surface area is 87.6 Å². The van der Waals surface area contributed by atoms with Gasteiger partial charge in [-0.3, -0.25) is 0 Å². The highest BCUT2D eigenvalue weighted by Gasteiger charge is 2.37. The Bertz CT molecular complexity index is 263. The molecule has 0 aliphatic heterocycles. The molecule has 0 saturated heterocycles. The zero-order valence-corrected chi connectivity index (χ0v) is 8.60. The van der Waals surface area contributed by atoms with E-state index in [0.717, 1.165) is 18.9 Å². The molecule has 1 aliphatic carbocycles. The van der Waals surface area contributed by atoms with Gasteiger partial charge in [0.15, 0.2) is 0 Å². The van der Waals surface area contributed by atoms with E-state index in [9.17, 15) is 13.2 Å². The second-order valence-electron chi connectivity index (χ2n) is 3.32. The van der Waals surface area contributed by atoms with E-state index in [1.807, 2.05) is 6.92 Å². The van der Waals surface area contributed by atoms with Crippen LogP contribution in [0.4, 0.5) is 13.2 Å². The van der Waals surface area contributed by atoms with Gasteiger partial charge in [0.05, 0.1) is 12.2 Å². The minimum atomic E-state index is -4.32. The van der Waals surface area contributed by atoms with Crippen LogP contribution in [0.1, 0.15) is 26.2 Å². The Kier molecular flexibility index (Phi) is 4.24. The lowest BCUT2D eigenvalue weighted by molar-refractivity contribution is -0.0942. The summed E-state index contributed by atoms with van der Waals surface area (Å²) in [5, 5.41) is 0. The smallest absolute Gasteiger partial charge is 0.419 e. The normalized spacial score (nSPS) is 17.1. The van der Waals surface area contributed by atoms with Crippen LogP contribution in [-0.4, -0.2) is 12.8 Å². The molecular weight excluding hydrogens is 205 g/mol. The Morgan fingerprint density at radius 1 is 1.40 bits per heavy atom. The van der Waals surface area contributed by atoms with E-state index < -0.39 is 11.7 Å². The molecule has 1 radical (unpaired) electrons. The first kappa shape index (κ1) is 12.1. The first-order valence-corrected chi connectivity index (χ1v) is 4.99. The highest BCUT2D eigenvalue weighted by atomic mass is 19.4. The molecule has 1 aliphatic rings. The third kappa shape index (κ3) is 3.61. The minimum Gasteiger partial charge on any atom is -0.493 e. The van der Waals surface area contributed by atoms with Crippen LogP contribution < -0.4 is 0 Å². The molecule has 0 unspecified atom stereocenters. The number of ether oxygens (including phenoxy) is 1. The average molecular weight is 219 g/mol. The number of unbranched alkanes of at least 4 members (excludes halogenated alkanes) is 1. The summed E-state index contributed by atoms with van der Waals surface area (Å²) in [7, 11) is 0. The second-order valence-corrected chi connectivity index (χ2v) is 3.32. The highest BCUT2D eigenvalue weighted by Crippen LogP contribution is 2.34. The molecule has 0 aromatic heterocycles. The Morgan fingerprint density at radius 2 is 2.13 bits per heavy atom. The Morgan fingerprint density at radius 3 is 2.73 bits per heavy atom. The maximum atomic E-state index is 12.5. The van der Waals surface area contributed by atoms with E-state index >= 15 is 0 Å². The summed E-state index contributed by atoms with van der Waals surface area (Å²) in [6, 6.07) is 0. The molecule has 0 atom stereocenters. The SMILES string of the molecule is CCCCOC1=CC[CH]C=C1C(F)(F)F. The topological polar surface area (TPSA) is 9.23 Å². The summed E-state index contributed by atoms with van der Waals surface area (Å²) in [4.78, 5) is 0. The first-order valence-electron chi connectivity index (χ1n) is 4.99. The van der Waals surface area contributed by atoms with Gasteiger partial charge in [0.25, 0.3) is 0 Å². The molecule has 0 aromatic carbocycles. The van der Waals surface area contributed by atoms with Crippen molar-refractivity contribution in [1.82, 2.24) is 0 Å².